The molecule has 0 bridgehead atoms. The second-order valence-electron chi connectivity index (χ2n) is 5.18. The zero-order valence-corrected chi connectivity index (χ0v) is 12.1. The van der Waals surface area contributed by atoms with Gasteiger partial charge in [0.15, 0.2) is 5.65 Å². The summed E-state index contributed by atoms with van der Waals surface area (Å²) in [5, 5.41) is 0.839. The van der Waals surface area contributed by atoms with Gasteiger partial charge in [-0.2, -0.15) is 9.97 Å². The number of aromatic nitrogens is 3. The van der Waals surface area contributed by atoms with Gasteiger partial charge in [-0.3, -0.25) is 9.36 Å². The fourth-order valence-electron chi connectivity index (χ4n) is 2.81. The van der Waals surface area contributed by atoms with Crippen molar-refractivity contribution in [3.05, 3.63) is 64.8 Å². The van der Waals surface area contributed by atoms with Crippen molar-refractivity contribution in [2.75, 3.05) is 11.5 Å². The lowest BCUT2D eigenvalue weighted by Crippen LogP contribution is -2.15. The second-order valence-corrected chi connectivity index (χ2v) is 5.18. The topological polar surface area (TPSA) is 99.8 Å². The van der Waals surface area contributed by atoms with Gasteiger partial charge in [0.05, 0.1) is 5.52 Å². The van der Waals surface area contributed by atoms with Crippen LogP contribution in [0.4, 0.5) is 11.8 Å². The SMILES string of the molecule is Nc1nc(N)c2c(=O)c3ccccc3n(-c3ccccc3)c2n1. The first-order valence-corrected chi connectivity index (χ1v) is 7.08. The summed E-state index contributed by atoms with van der Waals surface area (Å²) in [6, 6.07) is 17.0. The van der Waals surface area contributed by atoms with Crippen molar-refractivity contribution >= 4 is 33.7 Å². The first-order chi connectivity index (χ1) is 11.2. The van der Waals surface area contributed by atoms with E-state index < -0.39 is 0 Å². The summed E-state index contributed by atoms with van der Waals surface area (Å²) in [4.78, 5) is 21.0. The minimum atomic E-state index is -0.194. The Morgan fingerprint density at radius 3 is 2.35 bits per heavy atom. The predicted molar refractivity (Wildman–Crippen MR) is 91.5 cm³/mol. The maximum atomic E-state index is 12.8. The lowest BCUT2D eigenvalue weighted by atomic mass is 10.1. The molecular formula is C17H13N5O. The largest absolute Gasteiger partial charge is 0.383 e. The molecule has 0 spiro atoms. The Balaban J connectivity index is 2.34. The van der Waals surface area contributed by atoms with E-state index in [0.717, 1.165) is 11.2 Å². The predicted octanol–water partition coefficient (Wildman–Crippen LogP) is 2.10. The molecule has 6 heteroatoms. The van der Waals surface area contributed by atoms with E-state index in [1.54, 1.807) is 6.07 Å². The molecule has 4 rings (SSSR count). The van der Waals surface area contributed by atoms with E-state index in [1.165, 1.54) is 0 Å². The van der Waals surface area contributed by atoms with Crippen LogP contribution < -0.4 is 16.9 Å². The van der Waals surface area contributed by atoms with Crippen LogP contribution in [0.25, 0.3) is 27.6 Å². The minimum Gasteiger partial charge on any atom is -0.383 e. The Bertz CT molecular complexity index is 1100. The zero-order valence-electron chi connectivity index (χ0n) is 12.1. The van der Waals surface area contributed by atoms with Crippen molar-refractivity contribution in [2.45, 2.75) is 0 Å². The fraction of sp³-hybridized carbons (Fsp3) is 0. The Morgan fingerprint density at radius 1 is 0.870 bits per heavy atom. The van der Waals surface area contributed by atoms with Crippen LogP contribution in [0, 0.1) is 0 Å². The Kier molecular flexibility index (Phi) is 2.77. The van der Waals surface area contributed by atoms with Crippen molar-refractivity contribution in [2.24, 2.45) is 0 Å². The number of pyridine rings is 1. The number of rotatable bonds is 1. The molecule has 0 radical (unpaired) electrons. The molecule has 0 unspecified atom stereocenters. The van der Waals surface area contributed by atoms with E-state index in [-0.39, 0.29) is 22.6 Å². The van der Waals surface area contributed by atoms with Crippen LogP contribution in [0.1, 0.15) is 0 Å². The molecule has 0 amide bonds. The number of benzene rings is 2. The smallest absolute Gasteiger partial charge is 0.224 e. The molecule has 0 saturated carbocycles. The van der Waals surface area contributed by atoms with Gasteiger partial charge in [0.25, 0.3) is 0 Å². The van der Waals surface area contributed by atoms with E-state index >= 15 is 0 Å². The summed E-state index contributed by atoms with van der Waals surface area (Å²) in [7, 11) is 0. The van der Waals surface area contributed by atoms with E-state index in [0.29, 0.717) is 11.0 Å². The van der Waals surface area contributed by atoms with Crippen molar-refractivity contribution < 1.29 is 0 Å². The van der Waals surface area contributed by atoms with Gasteiger partial charge in [-0.05, 0) is 24.3 Å². The summed E-state index contributed by atoms with van der Waals surface area (Å²) < 4.78 is 1.88. The lowest BCUT2D eigenvalue weighted by molar-refractivity contribution is 1.10. The molecule has 0 aliphatic carbocycles. The van der Waals surface area contributed by atoms with Crippen molar-refractivity contribution in [3.63, 3.8) is 0 Å². The Morgan fingerprint density at radius 2 is 1.57 bits per heavy atom. The van der Waals surface area contributed by atoms with E-state index in [4.69, 9.17) is 11.5 Å². The van der Waals surface area contributed by atoms with Crippen molar-refractivity contribution in [3.8, 4) is 5.69 Å². The molecule has 2 aromatic heterocycles. The average Bonchev–Trinajstić information content (AvgIpc) is 2.55. The third-order valence-electron chi connectivity index (χ3n) is 3.78. The number of nitrogen functional groups attached to an aromatic ring is 2. The maximum absolute atomic E-state index is 12.8. The van der Waals surface area contributed by atoms with Crippen molar-refractivity contribution in [1.82, 2.24) is 14.5 Å². The normalized spacial score (nSPS) is 11.1. The van der Waals surface area contributed by atoms with Gasteiger partial charge < -0.3 is 11.5 Å². The van der Waals surface area contributed by atoms with Crippen molar-refractivity contribution in [1.29, 1.82) is 0 Å². The van der Waals surface area contributed by atoms with Gasteiger partial charge in [0.1, 0.15) is 11.2 Å². The molecule has 4 N–H and O–H groups in total. The highest BCUT2D eigenvalue weighted by Gasteiger charge is 2.16. The third kappa shape index (κ3) is 1.92. The summed E-state index contributed by atoms with van der Waals surface area (Å²) in [6.07, 6.45) is 0. The minimum absolute atomic E-state index is 0.0364. The molecule has 0 saturated heterocycles. The van der Waals surface area contributed by atoms with Gasteiger partial charge in [0.2, 0.25) is 11.4 Å². The number of anilines is 2. The molecule has 6 nitrogen and oxygen atoms in total. The molecule has 112 valence electrons. The molecule has 23 heavy (non-hydrogen) atoms. The van der Waals surface area contributed by atoms with Crippen LogP contribution in [-0.4, -0.2) is 14.5 Å². The Labute approximate surface area is 131 Å². The standard InChI is InChI=1S/C17H13N5O/c18-15-13-14(23)11-8-4-5-9-12(11)22(10-6-2-1-3-7-10)16(13)21-17(19)20-15/h1-9H,(H4,18,19,20,21). The van der Waals surface area contributed by atoms with Crippen LogP contribution in [0.15, 0.2) is 59.4 Å². The quantitative estimate of drug-likeness (QED) is 0.524. The number of fused-ring (bicyclic) bond motifs is 2. The molecule has 0 atom stereocenters. The molecular weight excluding hydrogens is 290 g/mol. The molecule has 2 aromatic carbocycles. The summed E-state index contributed by atoms with van der Waals surface area (Å²) >= 11 is 0. The van der Waals surface area contributed by atoms with E-state index in [9.17, 15) is 4.79 Å². The van der Waals surface area contributed by atoms with Gasteiger partial charge in [-0.15, -0.1) is 0 Å². The van der Waals surface area contributed by atoms with Crippen LogP contribution >= 0.6 is 0 Å². The number of hydrogen-bond donors (Lipinski definition) is 2. The van der Waals surface area contributed by atoms with E-state index in [1.807, 2.05) is 53.1 Å². The molecule has 0 aliphatic rings. The number of nitrogens with zero attached hydrogens (tertiary/aromatic N) is 3. The highest BCUT2D eigenvalue weighted by atomic mass is 16.1. The highest BCUT2D eigenvalue weighted by Crippen LogP contribution is 2.25. The summed E-state index contributed by atoms with van der Waals surface area (Å²) in [6.45, 7) is 0. The van der Waals surface area contributed by atoms with Crippen LogP contribution in [0.2, 0.25) is 0 Å². The molecule has 0 fully saturated rings. The molecule has 4 aromatic rings. The average molecular weight is 303 g/mol. The second kappa shape index (κ2) is 4.81. The summed E-state index contributed by atoms with van der Waals surface area (Å²) in [5.41, 5.74) is 13.5. The van der Waals surface area contributed by atoms with Crippen LogP contribution in [-0.2, 0) is 0 Å². The number of nitrogens with two attached hydrogens (primary N) is 2. The third-order valence-corrected chi connectivity index (χ3v) is 3.78. The van der Waals surface area contributed by atoms with Gasteiger partial charge in [0, 0.05) is 11.1 Å². The number of hydrogen-bond acceptors (Lipinski definition) is 5. The summed E-state index contributed by atoms with van der Waals surface area (Å²) in [5.74, 6) is 0.127. The van der Waals surface area contributed by atoms with Gasteiger partial charge >= 0.3 is 0 Å². The first-order valence-electron chi connectivity index (χ1n) is 7.08. The Hall–Kier alpha value is -3.41. The maximum Gasteiger partial charge on any atom is 0.224 e. The van der Waals surface area contributed by atoms with Crippen LogP contribution in [0.3, 0.4) is 0 Å². The fourth-order valence-corrected chi connectivity index (χ4v) is 2.81. The molecule has 0 aliphatic heterocycles. The first kappa shape index (κ1) is 13.3. The van der Waals surface area contributed by atoms with E-state index in [2.05, 4.69) is 9.97 Å². The molecule has 2 heterocycles. The van der Waals surface area contributed by atoms with Crippen LogP contribution in [0.5, 0.6) is 0 Å². The lowest BCUT2D eigenvalue weighted by Gasteiger charge is -2.15. The zero-order chi connectivity index (χ0) is 16.0. The van der Waals surface area contributed by atoms with Gasteiger partial charge in [-0.1, -0.05) is 30.3 Å². The number of para-hydroxylation sites is 2. The van der Waals surface area contributed by atoms with Gasteiger partial charge in [-0.25, -0.2) is 0 Å². The highest BCUT2D eigenvalue weighted by molar-refractivity contribution is 5.98. The monoisotopic (exact) mass is 303 g/mol.